The Morgan fingerprint density at radius 2 is 2.23 bits per heavy atom. The molecule has 0 saturated heterocycles. The Bertz CT molecular complexity index is 946. The SMILES string of the molecule is N#Cc1c(NC(=O)C=Cc2cccc(Cl)c2)sc2c1CCN(C(=O)O)C2. The van der Waals surface area contributed by atoms with E-state index in [-0.39, 0.29) is 12.5 Å². The Labute approximate surface area is 158 Å². The molecule has 1 aliphatic rings. The highest BCUT2D eigenvalue weighted by atomic mass is 35.5. The predicted octanol–water partition coefficient (Wildman–Crippen LogP) is 3.96. The number of hydrogen-bond donors (Lipinski definition) is 2. The van der Waals surface area contributed by atoms with Crippen molar-refractivity contribution in [3.8, 4) is 6.07 Å². The minimum absolute atomic E-state index is 0.234. The number of amides is 2. The van der Waals surface area contributed by atoms with Gasteiger partial charge in [0.25, 0.3) is 0 Å². The quantitative estimate of drug-likeness (QED) is 0.779. The summed E-state index contributed by atoms with van der Waals surface area (Å²) in [7, 11) is 0. The van der Waals surface area contributed by atoms with Crippen molar-refractivity contribution in [2.45, 2.75) is 13.0 Å². The second-order valence-corrected chi connectivity index (χ2v) is 7.19. The smallest absolute Gasteiger partial charge is 0.407 e. The molecule has 0 spiro atoms. The van der Waals surface area contributed by atoms with Gasteiger partial charge in [0.1, 0.15) is 11.1 Å². The fraction of sp³-hybridized carbons (Fsp3) is 0.167. The maximum Gasteiger partial charge on any atom is 0.407 e. The molecule has 8 heteroatoms. The standard InChI is InChI=1S/C18H14ClN3O3S/c19-12-3-1-2-11(8-12)4-5-16(23)21-17-14(9-20)13-6-7-22(18(24)25)10-15(13)26-17/h1-5,8H,6-7,10H2,(H,21,23)(H,24,25). The molecule has 0 aliphatic carbocycles. The summed E-state index contributed by atoms with van der Waals surface area (Å²) in [5, 5.41) is 22.3. The monoisotopic (exact) mass is 387 g/mol. The van der Waals surface area contributed by atoms with E-state index in [1.54, 1.807) is 24.3 Å². The number of nitrogens with one attached hydrogen (secondary N) is 1. The Kier molecular flexibility index (Phi) is 5.26. The zero-order chi connectivity index (χ0) is 18.7. The highest BCUT2D eigenvalue weighted by Gasteiger charge is 2.27. The number of carboxylic acid groups (broad SMARTS) is 1. The summed E-state index contributed by atoms with van der Waals surface area (Å²) < 4.78 is 0. The normalized spacial score (nSPS) is 13.3. The zero-order valence-corrected chi connectivity index (χ0v) is 15.1. The lowest BCUT2D eigenvalue weighted by molar-refractivity contribution is -0.111. The third-order valence-corrected chi connectivity index (χ3v) is 5.32. The summed E-state index contributed by atoms with van der Waals surface area (Å²) >= 11 is 7.15. The predicted molar refractivity (Wildman–Crippen MR) is 100 cm³/mol. The summed E-state index contributed by atoms with van der Waals surface area (Å²) in [6.45, 7) is 0.577. The fourth-order valence-corrected chi connectivity index (χ4v) is 4.12. The first-order chi connectivity index (χ1) is 12.5. The van der Waals surface area contributed by atoms with Crippen molar-refractivity contribution >= 4 is 46.0 Å². The molecule has 26 heavy (non-hydrogen) atoms. The molecule has 3 rings (SSSR count). The van der Waals surface area contributed by atoms with Crippen molar-refractivity contribution < 1.29 is 14.7 Å². The average Bonchev–Trinajstić information content (AvgIpc) is 2.96. The molecule has 0 radical (unpaired) electrons. The molecule has 2 aromatic rings. The number of hydrogen-bond acceptors (Lipinski definition) is 4. The number of thiophene rings is 1. The maximum atomic E-state index is 12.2. The largest absolute Gasteiger partial charge is 0.465 e. The van der Waals surface area contributed by atoms with E-state index < -0.39 is 6.09 Å². The highest BCUT2D eigenvalue weighted by Crippen LogP contribution is 2.36. The first-order valence-electron chi connectivity index (χ1n) is 7.75. The van der Waals surface area contributed by atoms with E-state index in [9.17, 15) is 14.9 Å². The summed E-state index contributed by atoms with van der Waals surface area (Å²) in [4.78, 5) is 25.4. The Balaban J connectivity index is 1.77. The van der Waals surface area contributed by atoms with Crippen LogP contribution in [0, 0.1) is 11.3 Å². The molecular weight excluding hydrogens is 374 g/mol. The summed E-state index contributed by atoms with van der Waals surface area (Å²) in [5.41, 5.74) is 2.03. The minimum Gasteiger partial charge on any atom is -0.465 e. The number of nitrogens with zero attached hydrogens (tertiary/aromatic N) is 2. The van der Waals surface area contributed by atoms with E-state index in [2.05, 4.69) is 11.4 Å². The van der Waals surface area contributed by atoms with Crippen molar-refractivity contribution in [2.75, 3.05) is 11.9 Å². The lowest BCUT2D eigenvalue weighted by Crippen LogP contribution is -2.34. The third-order valence-electron chi connectivity index (χ3n) is 3.95. The molecule has 132 valence electrons. The van der Waals surface area contributed by atoms with Crippen molar-refractivity contribution in [1.29, 1.82) is 5.26 Å². The summed E-state index contributed by atoms with van der Waals surface area (Å²) in [6, 6.07) is 9.21. The van der Waals surface area contributed by atoms with Crippen LogP contribution < -0.4 is 5.32 Å². The number of benzene rings is 1. The van der Waals surface area contributed by atoms with Crippen LogP contribution in [0.15, 0.2) is 30.3 Å². The van der Waals surface area contributed by atoms with Crippen LogP contribution in [-0.2, 0) is 17.8 Å². The Hall–Kier alpha value is -2.82. The van der Waals surface area contributed by atoms with Gasteiger partial charge in [-0.2, -0.15) is 5.26 Å². The highest BCUT2D eigenvalue weighted by molar-refractivity contribution is 7.16. The molecule has 2 N–H and O–H groups in total. The zero-order valence-electron chi connectivity index (χ0n) is 13.5. The van der Waals surface area contributed by atoms with Gasteiger partial charge in [0.2, 0.25) is 5.91 Å². The molecule has 0 saturated carbocycles. The summed E-state index contributed by atoms with van der Waals surface area (Å²) in [6.07, 6.45) is 2.48. The maximum absolute atomic E-state index is 12.2. The van der Waals surface area contributed by atoms with Gasteiger partial charge in [-0.3, -0.25) is 4.79 Å². The Morgan fingerprint density at radius 3 is 2.92 bits per heavy atom. The van der Waals surface area contributed by atoms with Gasteiger partial charge in [-0.25, -0.2) is 4.79 Å². The van der Waals surface area contributed by atoms with Gasteiger partial charge in [-0.1, -0.05) is 23.7 Å². The van der Waals surface area contributed by atoms with Crippen LogP contribution in [0.5, 0.6) is 0 Å². The molecular formula is C18H14ClN3O3S. The number of halogens is 1. The van der Waals surface area contributed by atoms with Crippen LogP contribution in [-0.4, -0.2) is 28.6 Å². The van der Waals surface area contributed by atoms with Crippen LogP contribution in [0.3, 0.4) is 0 Å². The van der Waals surface area contributed by atoms with Gasteiger partial charge >= 0.3 is 6.09 Å². The van der Waals surface area contributed by atoms with Gasteiger partial charge in [0.15, 0.2) is 0 Å². The van der Waals surface area contributed by atoms with E-state index in [0.717, 1.165) is 16.0 Å². The molecule has 1 aromatic heterocycles. The van der Waals surface area contributed by atoms with Gasteiger partial charge in [-0.05, 0) is 35.8 Å². The van der Waals surface area contributed by atoms with E-state index in [4.69, 9.17) is 16.7 Å². The minimum atomic E-state index is -0.988. The summed E-state index contributed by atoms with van der Waals surface area (Å²) in [5.74, 6) is -0.366. The van der Waals surface area contributed by atoms with E-state index in [1.807, 2.05) is 6.07 Å². The molecule has 2 heterocycles. The van der Waals surface area contributed by atoms with Crippen LogP contribution in [0.1, 0.15) is 21.6 Å². The second-order valence-electron chi connectivity index (χ2n) is 5.65. The lowest BCUT2D eigenvalue weighted by Gasteiger charge is -2.23. The number of fused-ring (bicyclic) bond motifs is 1. The van der Waals surface area contributed by atoms with E-state index in [0.29, 0.717) is 28.6 Å². The number of anilines is 1. The number of nitriles is 1. The molecule has 0 fully saturated rings. The fourth-order valence-electron chi connectivity index (χ4n) is 2.71. The van der Waals surface area contributed by atoms with Crippen molar-refractivity contribution in [3.63, 3.8) is 0 Å². The molecule has 0 bridgehead atoms. The van der Waals surface area contributed by atoms with Crippen LogP contribution >= 0.6 is 22.9 Å². The number of rotatable bonds is 3. The topological polar surface area (TPSA) is 93.4 Å². The second kappa shape index (κ2) is 7.60. The molecule has 0 unspecified atom stereocenters. The van der Waals surface area contributed by atoms with Gasteiger partial charge < -0.3 is 15.3 Å². The number of carbonyl (C=O) groups excluding carboxylic acids is 1. The molecule has 6 nitrogen and oxygen atoms in total. The Morgan fingerprint density at radius 1 is 1.42 bits per heavy atom. The van der Waals surface area contributed by atoms with E-state index >= 15 is 0 Å². The molecule has 0 atom stereocenters. The molecule has 2 amide bonds. The first-order valence-corrected chi connectivity index (χ1v) is 8.94. The van der Waals surface area contributed by atoms with Crippen LogP contribution in [0.25, 0.3) is 6.08 Å². The molecule has 1 aliphatic heterocycles. The van der Waals surface area contributed by atoms with E-state index in [1.165, 1.54) is 22.3 Å². The van der Waals surface area contributed by atoms with Gasteiger partial charge in [0, 0.05) is 22.5 Å². The van der Waals surface area contributed by atoms with Crippen molar-refractivity contribution in [3.05, 3.63) is 56.9 Å². The van der Waals surface area contributed by atoms with Crippen molar-refractivity contribution in [1.82, 2.24) is 4.90 Å². The first kappa shape index (κ1) is 18.0. The van der Waals surface area contributed by atoms with Crippen LogP contribution in [0.2, 0.25) is 5.02 Å². The third kappa shape index (κ3) is 3.87. The van der Waals surface area contributed by atoms with Crippen molar-refractivity contribution in [2.24, 2.45) is 0 Å². The molecule has 1 aromatic carbocycles. The van der Waals surface area contributed by atoms with Gasteiger partial charge in [-0.15, -0.1) is 11.3 Å². The van der Waals surface area contributed by atoms with Crippen LogP contribution in [0.4, 0.5) is 9.80 Å². The average molecular weight is 388 g/mol. The number of carbonyl (C=O) groups is 2. The lowest BCUT2D eigenvalue weighted by atomic mass is 10.0. The van der Waals surface area contributed by atoms with Gasteiger partial charge in [0.05, 0.1) is 12.1 Å².